The average Bonchev–Trinajstić information content (AvgIpc) is 3.23. The van der Waals surface area contributed by atoms with Crippen molar-refractivity contribution in [3.8, 4) is 10.4 Å². The lowest BCUT2D eigenvalue weighted by atomic mass is 10.2. The summed E-state index contributed by atoms with van der Waals surface area (Å²) in [6, 6.07) is 10.2. The minimum Gasteiger partial charge on any atom is -0.333 e. The number of nitrogens with zero attached hydrogens (tertiary/aromatic N) is 2. The number of carbonyl (C=O) groups is 2. The molecule has 0 atom stereocenters. The smallest absolute Gasteiger partial charge is 0.259 e. The Morgan fingerprint density at radius 1 is 1.28 bits per heavy atom. The van der Waals surface area contributed by atoms with Gasteiger partial charge >= 0.3 is 0 Å². The van der Waals surface area contributed by atoms with E-state index in [1.54, 1.807) is 12.1 Å². The number of carbonyl (C=O) groups excluding carboxylic acids is 2. The van der Waals surface area contributed by atoms with Crippen LogP contribution in [-0.2, 0) is 9.59 Å². The van der Waals surface area contributed by atoms with Crippen molar-refractivity contribution < 1.29 is 14.0 Å². The molecule has 0 bridgehead atoms. The zero-order chi connectivity index (χ0) is 17.8. The van der Waals surface area contributed by atoms with Crippen LogP contribution in [0.15, 0.2) is 41.5 Å². The second-order valence-electron chi connectivity index (χ2n) is 5.82. The molecule has 0 saturated carbocycles. The van der Waals surface area contributed by atoms with E-state index in [0.29, 0.717) is 18.7 Å². The first-order valence-corrected chi connectivity index (χ1v) is 8.81. The summed E-state index contributed by atoms with van der Waals surface area (Å²) < 4.78 is 13.0. The fraction of sp³-hybridized carbons (Fsp3) is 0.278. The summed E-state index contributed by atoms with van der Waals surface area (Å²) in [7, 11) is 0. The second-order valence-corrected chi connectivity index (χ2v) is 6.91. The third-order valence-electron chi connectivity index (χ3n) is 3.95. The molecule has 7 heteroatoms. The van der Waals surface area contributed by atoms with Crippen molar-refractivity contribution in [3.05, 3.63) is 47.1 Å². The summed E-state index contributed by atoms with van der Waals surface area (Å²) in [6.07, 6.45) is 1.31. The Kier molecular flexibility index (Phi) is 5.23. The molecule has 130 valence electrons. The normalized spacial score (nSPS) is 14.9. The highest BCUT2D eigenvalue weighted by atomic mass is 32.1. The van der Waals surface area contributed by atoms with Crippen LogP contribution in [0.3, 0.4) is 0 Å². The predicted molar refractivity (Wildman–Crippen MR) is 95.9 cm³/mol. The molecule has 1 aliphatic rings. The van der Waals surface area contributed by atoms with Crippen LogP contribution in [-0.4, -0.2) is 35.5 Å². The van der Waals surface area contributed by atoms with Crippen LogP contribution in [0.4, 0.5) is 4.39 Å². The van der Waals surface area contributed by atoms with E-state index in [4.69, 9.17) is 0 Å². The lowest BCUT2D eigenvalue weighted by Gasteiger charge is -2.13. The third-order valence-corrected chi connectivity index (χ3v) is 5.19. The Morgan fingerprint density at radius 3 is 2.72 bits per heavy atom. The van der Waals surface area contributed by atoms with Crippen molar-refractivity contribution in [2.45, 2.75) is 19.8 Å². The van der Waals surface area contributed by atoms with Gasteiger partial charge in [0.1, 0.15) is 12.4 Å². The molecule has 1 aromatic heterocycles. The monoisotopic (exact) mass is 359 g/mol. The highest BCUT2D eigenvalue weighted by molar-refractivity contribution is 7.17. The number of hydrogen-bond donors (Lipinski definition) is 1. The number of halogens is 1. The first-order valence-electron chi connectivity index (χ1n) is 8.00. The van der Waals surface area contributed by atoms with Crippen LogP contribution >= 0.6 is 11.3 Å². The zero-order valence-corrected chi connectivity index (χ0v) is 14.6. The fourth-order valence-corrected chi connectivity index (χ4v) is 3.54. The lowest BCUT2D eigenvalue weighted by molar-refractivity contribution is -0.133. The first kappa shape index (κ1) is 17.3. The Bertz CT molecular complexity index is 814. The highest BCUT2D eigenvalue weighted by Crippen LogP contribution is 2.28. The van der Waals surface area contributed by atoms with Gasteiger partial charge in [0.05, 0.1) is 10.6 Å². The maximum Gasteiger partial charge on any atom is 0.259 e. The standard InChI is InChI=1S/C18H18FN3O2S/c1-12(20-21-17(23)11-22-10-2-3-18(22)24)15-8-9-16(25-15)13-4-6-14(19)7-5-13/h4-9H,2-3,10-11H2,1H3,(H,21,23). The van der Waals surface area contributed by atoms with E-state index in [9.17, 15) is 14.0 Å². The van der Waals surface area contributed by atoms with Crippen LogP contribution in [0, 0.1) is 5.82 Å². The molecular weight excluding hydrogens is 341 g/mol. The largest absolute Gasteiger partial charge is 0.333 e. The average molecular weight is 359 g/mol. The maximum atomic E-state index is 13.0. The molecule has 3 rings (SSSR count). The van der Waals surface area contributed by atoms with Crippen LogP contribution in [0.5, 0.6) is 0 Å². The van der Waals surface area contributed by atoms with Crippen molar-refractivity contribution in [3.63, 3.8) is 0 Å². The Balaban J connectivity index is 1.61. The molecule has 1 N–H and O–H groups in total. The summed E-state index contributed by atoms with van der Waals surface area (Å²) in [5.74, 6) is -0.555. The lowest BCUT2D eigenvalue weighted by Crippen LogP contribution is -2.36. The molecule has 0 unspecified atom stereocenters. The van der Waals surface area contributed by atoms with Gasteiger partial charge in [0.15, 0.2) is 0 Å². The molecule has 1 aliphatic heterocycles. The molecule has 0 spiro atoms. The zero-order valence-electron chi connectivity index (χ0n) is 13.8. The number of benzene rings is 1. The summed E-state index contributed by atoms with van der Waals surface area (Å²) in [6.45, 7) is 2.48. The van der Waals surface area contributed by atoms with Crippen molar-refractivity contribution in [1.29, 1.82) is 0 Å². The number of rotatable bonds is 5. The Hall–Kier alpha value is -2.54. The number of nitrogens with one attached hydrogen (secondary N) is 1. The van der Waals surface area contributed by atoms with Crippen LogP contribution in [0.25, 0.3) is 10.4 Å². The van der Waals surface area contributed by atoms with Crippen molar-refractivity contribution in [2.75, 3.05) is 13.1 Å². The summed E-state index contributed by atoms with van der Waals surface area (Å²) in [4.78, 5) is 26.9. The SMILES string of the molecule is CC(=NNC(=O)CN1CCCC1=O)c1ccc(-c2ccc(F)cc2)s1. The molecule has 2 amide bonds. The number of thiophene rings is 1. The van der Waals surface area contributed by atoms with Gasteiger partial charge in [-0.15, -0.1) is 11.3 Å². The molecule has 2 aromatic rings. The van der Waals surface area contributed by atoms with Crippen molar-refractivity contribution in [2.24, 2.45) is 5.10 Å². The van der Waals surface area contributed by atoms with Gasteiger partial charge in [-0.3, -0.25) is 9.59 Å². The van der Waals surface area contributed by atoms with E-state index >= 15 is 0 Å². The molecular formula is C18H18FN3O2S. The highest BCUT2D eigenvalue weighted by Gasteiger charge is 2.22. The van der Waals surface area contributed by atoms with E-state index < -0.39 is 0 Å². The fourth-order valence-electron chi connectivity index (χ4n) is 2.58. The molecule has 0 radical (unpaired) electrons. The summed E-state index contributed by atoms with van der Waals surface area (Å²) >= 11 is 1.52. The van der Waals surface area contributed by atoms with Crippen LogP contribution in [0.2, 0.25) is 0 Å². The van der Waals surface area contributed by atoms with E-state index in [2.05, 4.69) is 10.5 Å². The number of amides is 2. The van der Waals surface area contributed by atoms with Gasteiger partial charge in [-0.05, 0) is 43.2 Å². The molecule has 1 fully saturated rings. The van der Waals surface area contributed by atoms with Gasteiger partial charge in [0, 0.05) is 17.8 Å². The van der Waals surface area contributed by atoms with Gasteiger partial charge in [0.2, 0.25) is 5.91 Å². The van der Waals surface area contributed by atoms with E-state index in [1.165, 1.54) is 28.4 Å². The molecule has 5 nitrogen and oxygen atoms in total. The molecule has 2 heterocycles. The van der Waals surface area contributed by atoms with Crippen molar-refractivity contribution in [1.82, 2.24) is 10.3 Å². The van der Waals surface area contributed by atoms with Gasteiger partial charge < -0.3 is 4.90 Å². The predicted octanol–water partition coefficient (Wildman–Crippen LogP) is 3.02. The molecule has 1 saturated heterocycles. The number of hydrogen-bond acceptors (Lipinski definition) is 4. The molecule has 0 aliphatic carbocycles. The van der Waals surface area contributed by atoms with Crippen LogP contribution < -0.4 is 5.43 Å². The van der Waals surface area contributed by atoms with Gasteiger partial charge in [-0.1, -0.05) is 12.1 Å². The summed E-state index contributed by atoms with van der Waals surface area (Å²) in [5.41, 5.74) is 4.11. The minimum absolute atomic E-state index is 0.0121. The first-order chi connectivity index (χ1) is 12.0. The van der Waals surface area contributed by atoms with Crippen molar-refractivity contribution >= 4 is 28.9 Å². The topological polar surface area (TPSA) is 61.8 Å². The molecule has 25 heavy (non-hydrogen) atoms. The van der Waals surface area contributed by atoms with Gasteiger partial charge in [-0.25, -0.2) is 9.82 Å². The molecule has 1 aromatic carbocycles. The van der Waals surface area contributed by atoms with E-state index in [1.807, 2.05) is 19.1 Å². The Morgan fingerprint density at radius 2 is 2.04 bits per heavy atom. The third kappa shape index (κ3) is 4.30. The van der Waals surface area contributed by atoms with E-state index in [-0.39, 0.29) is 24.2 Å². The number of hydrazone groups is 1. The number of likely N-dealkylation sites (tertiary alicyclic amines) is 1. The van der Waals surface area contributed by atoms with Gasteiger partial charge in [-0.2, -0.15) is 5.10 Å². The quantitative estimate of drug-likeness (QED) is 0.659. The van der Waals surface area contributed by atoms with Crippen LogP contribution in [0.1, 0.15) is 24.6 Å². The summed E-state index contributed by atoms with van der Waals surface area (Å²) in [5, 5.41) is 4.11. The Labute approximate surface area is 149 Å². The van der Waals surface area contributed by atoms with Gasteiger partial charge in [0.25, 0.3) is 5.91 Å². The van der Waals surface area contributed by atoms with E-state index in [0.717, 1.165) is 21.7 Å². The minimum atomic E-state index is -0.301. The maximum absolute atomic E-state index is 13.0. The second kappa shape index (κ2) is 7.57.